The topological polar surface area (TPSA) is 49.6 Å². The van der Waals surface area contributed by atoms with Crippen LogP contribution in [0.3, 0.4) is 0 Å². The van der Waals surface area contributed by atoms with Crippen LogP contribution in [0.2, 0.25) is 0 Å². The lowest BCUT2D eigenvalue weighted by molar-refractivity contribution is 0.156. The maximum atomic E-state index is 11.8. The fraction of sp³-hybridized carbons (Fsp3) is 0.500. The molecular weight excluding hydrogens is 226 g/mol. The average Bonchev–Trinajstić information content (AvgIpc) is 2.38. The highest BCUT2D eigenvalue weighted by atomic mass is 16.2. The molecule has 0 unspecified atom stereocenters. The summed E-state index contributed by atoms with van der Waals surface area (Å²) in [6.45, 7) is 1.63. The summed E-state index contributed by atoms with van der Waals surface area (Å²) in [5.41, 5.74) is 8.11. The molecule has 0 saturated carbocycles. The van der Waals surface area contributed by atoms with Crippen molar-refractivity contribution in [3.05, 3.63) is 29.8 Å². The Balaban J connectivity index is 1.99. The van der Waals surface area contributed by atoms with Crippen molar-refractivity contribution >= 4 is 11.7 Å². The zero-order chi connectivity index (χ0) is 13.1. The van der Waals surface area contributed by atoms with Gasteiger partial charge in [0.1, 0.15) is 0 Å². The molecule has 0 radical (unpaired) electrons. The molecule has 4 nitrogen and oxygen atoms in total. The average molecular weight is 247 g/mol. The molecule has 0 atom stereocenters. The second kappa shape index (κ2) is 5.29. The number of para-hydroxylation sites is 1. The Morgan fingerprint density at radius 3 is 2.44 bits per heavy atom. The molecule has 2 N–H and O–H groups in total. The van der Waals surface area contributed by atoms with Crippen LogP contribution in [-0.4, -0.2) is 43.0 Å². The van der Waals surface area contributed by atoms with E-state index in [0.29, 0.717) is 5.92 Å². The number of urea groups is 1. The zero-order valence-corrected chi connectivity index (χ0v) is 11.1. The predicted octanol–water partition coefficient (Wildman–Crippen LogP) is 2.13. The second-order valence-electron chi connectivity index (χ2n) is 5.07. The molecule has 1 aromatic carbocycles. The van der Waals surface area contributed by atoms with Gasteiger partial charge in [-0.1, -0.05) is 18.2 Å². The van der Waals surface area contributed by atoms with Gasteiger partial charge < -0.3 is 15.5 Å². The molecule has 18 heavy (non-hydrogen) atoms. The number of nitrogen functional groups attached to an aromatic ring is 1. The maximum absolute atomic E-state index is 11.8. The van der Waals surface area contributed by atoms with Crippen molar-refractivity contribution in [1.29, 1.82) is 0 Å². The van der Waals surface area contributed by atoms with Crippen molar-refractivity contribution in [2.75, 3.05) is 32.9 Å². The summed E-state index contributed by atoms with van der Waals surface area (Å²) in [6.07, 6.45) is 1.99. The van der Waals surface area contributed by atoms with Crippen molar-refractivity contribution in [2.24, 2.45) is 0 Å². The first-order valence-corrected chi connectivity index (χ1v) is 6.40. The number of rotatable bonds is 1. The van der Waals surface area contributed by atoms with E-state index in [9.17, 15) is 4.79 Å². The van der Waals surface area contributed by atoms with Gasteiger partial charge >= 0.3 is 6.03 Å². The maximum Gasteiger partial charge on any atom is 0.319 e. The molecule has 2 amide bonds. The van der Waals surface area contributed by atoms with E-state index in [2.05, 4.69) is 6.07 Å². The van der Waals surface area contributed by atoms with Crippen LogP contribution >= 0.6 is 0 Å². The number of carbonyl (C=O) groups excluding carboxylic acids is 1. The highest BCUT2D eigenvalue weighted by molar-refractivity contribution is 5.73. The Bertz CT molecular complexity index is 423. The number of nitrogens with two attached hydrogens (primary N) is 1. The summed E-state index contributed by atoms with van der Waals surface area (Å²) in [5, 5.41) is 0. The number of hydrogen-bond donors (Lipinski definition) is 1. The highest BCUT2D eigenvalue weighted by Gasteiger charge is 2.25. The van der Waals surface area contributed by atoms with E-state index in [1.165, 1.54) is 5.56 Å². The quantitative estimate of drug-likeness (QED) is 0.773. The zero-order valence-electron chi connectivity index (χ0n) is 11.1. The number of nitrogens with zero attached hydrogens (tertiary/aromatic N) is 2. The lowest BCUT2D eigenvalue weighted by atomic mass is 9.88. The largest absolute Gasteiger partial charge is 0.398 e. The first-order valence-electron chi connectivity index (χ1n) is 6.40. The van der Waals surface area contributed by atoms with Crippen LogP contribution in [0.1, 0.15) is 24.3 Å². The summed E-state index contributed by atoms with van der Waals surface area (Å²) in [7, 11) is 3.59. The van der Waals surface area contributed by atoms with Gasteiger partial charge in [0.15, 0.2) is 0 Å². The number of likely N-dealkylation sites (tertiary alicyclic amines) is 1. The Morgan fingerprint density at radius 2 is 1.89 bits per heavy atom. The summed E-state index contributed by atoms with van der Waals surface area (Å²) in [6, 6.07) is 8.15. The molecule has 1 fully saturated rings. The standard InChI is InChI=1S/C14H21N3O/c1-16(2)14(18)17-9-7-11(8-10-17)12-5-3-4-6-13(12)15/h3-6,11H,7-10,15H2,1-2H3. The molecule has 0 aliphatic carbocycles. The van der Waals surface area contributed by atoms with Gasteiger partial charge in [-0.2, -0.15) is 0 Å². The monoisotopic (exact) mass is 247 g/mol. The van der Waals surface area contributed by atoms with E-state index in [0.717, 1.165) is 31.6 Å². The van der Waals surface area contributed by atoms with Gasteiger partial charge in [-0.05, 0) is 30.4 Å². The summed E-state index contributed by atoms with van der Waals surface area (Å²) < 4.78 is 0. The third kappa shape index (κ3) is 2.58. The van der Waals surface area contributed by atoms with E-state index >= 15 is 0 Å². The normalized spacial score (nSPS) is 16.7. The minimum Gasteiger partial charge on any atom is -0.398 e. The van der Waals surface area contributed by atoms with Gasteiger partial charge in [-0.3, -0.25) is 0 Å². The Labute approximate surface area is 108 Å². The van der Waals surface area contributed by atoms with E-state index < -0.39 is 0 Å². The van der Waals surface area contributed by atoms with Crippen LogP contribution in [0.4, 0.5) is 10.5 Å². The Kier molecular flexibility index (Phi) is 3.75. The molecule has 2 rings (SSSR count). The number of piperidine rings is 1. The van der Waals surface area contributed by atoms with Crippen molar-refractivity contribution in [3.63, 3.8) is 0 Å². The van der Waals surface area contributed by atoms with Gasteiger partial charge in [0, 0.05) is 32.9 Å². The SMILES string of the molecule is CN(C)C(=O)N1CCC(c2ccccc2N)CC1. The Hall–Kier alpha value is -1.71. The van der Waals surface area contributed by atoms with Crippen molar-refractivity contribution in [1.82, 2.24) is 9.80 Å². The molecule has 98 valence electrons. The minimum atomic E-state index is 0.106. The molecule has 0 aromatic heterocycles. The van der Waals surface area contributed by atoms with Gasteiger partial charge in [-0.15, -0.1) is 0 Å². The van der Waals surface area contributed by atoms with E-state index in [1.54, 1.807) is 19.0 Å². The van der Waals surface area contributed by atoms with Crippen LogP contribution in [-0.2, 0) is 0 Å². The highest BCUT2D eigenvalue weighted by Crippen LogP contribution is 2.31. The first-order chi connectivity index (χ1) is 8.59. The van der Waals surface area contributed by atoms with Crippen LogP contribution in [0.25, 0.3) is 0 Å². The van der Waals surface area contributed by atoms with Crippen molar-refractivity contribution in [3.8, 4) is 0 Å². The molecule has 1 saturated heterocycles. The number of amides is 2. The first kappa shape index (κ1) is 12.7. The summed E-state index contributed by atoms with van der Waals surface area (Å²) in [5.74, 6) is 0.484. The van der Waals surface area contributed by atoms with Gasteiger partial charge in [0.25, 0.3) is 0 Å². The predicted molar refractivity (Wildman–Crippen MR) is 73.5 cm³/mol. The lowest BCUT2D eigenvalue weighted by Gasteiger charge is -2.34. The fourth-order valence-corrected chi connectivity index (χ4v) is 2.55. The molecule has 1 aliphatic rings. The molecule has 1 aromatic rings. The molecular formula is C14H21N3O. The molecule has 4 heteroatoms. The Morgan fingerprint density at radius 1 is 1.28 bits per heavy atom. The molecule has 0 spiro atoms. The van der Waals surface area contributed by atoms with Crippen LogP contribution in [0.5, 0.6) is 0 Å². The molecule has 0 bridgehead atoms. The van der Waals surface area contributed by atoms with Crippen LogP contribution < -0.4 is 5.73 Å². The van der Waals surface area contributed by atoms with Gasteiger partial charge in [0.05, 0.1) is 0 Å². The van der Waals surface area contributed by atoms with Crippen molar-refractivity contribution in [2.45, 2.75) is 18.8 Å². The second-order valence-corrected chi connectivity index (χ2v) is 5.07. The van der Waals surface area contributed by atoms with E-state index in [1.807, 2.05) is 23.1 Å². The van der Waals surface area contributed by atoms with Crippen molar-refractivity contribution < 1.29 is 4.79 Å². The molecule has 1 aliphatic heterocycles. The van der Waals surface area contributed by atoms with Crippen LogP contribution in [0.15, 0.2) is 24.3 Å². The third-order valence-electron chi connectivity index (χ3n) is 3.58. The van der Waals surface area contributed by atoms with Gasteiger partial charge in [0.2, 0.25) is 0 Å². The third-order valence-corrected chi connectivity index (χ3v) is 3.58. The number of anilines is 1. The smallest absolute Gasteiger partial charge is 0.319 e. The number of carbonyl (C=O) groups is 1. The summed E-state index contributed by atoms with van der Waals surface area (Å²) >= 11 is 0. The fourth-order valence-electron chi connectivity index (χ4n) is 2.55. The number of hydrogen-bond acceptors (Lipinski definition) is 2. The number of benzene rings is 1. The minimum absolute atomic E-state index is 0.106. The van der Waals surface area contributed by atoms with E-state index in [4.69, 9.17) is 5.73 Å². The lowest BCUT2D eigenvalue weighted by Crippen LogP contribution is -2.43. The molecule has 1 heterocycles. The van der Waals surface area contributed by atoms with Crippen LogP contribution in [0, 0.1) is 0 Å². The van der Waals surface area contributed by atoms with Gasteiger partial charge in [-0.25, -0.2) is 4.79 Å². The van der Waals surface area contributed by atoms with E-state index in [-0.39, 0.29) is 6.03 Å². The summed E-state index contributed by atoms with van der Waals surface area (Å²) in [4.78, 5) is 15.4.